The van der Waals surface area contributed by atoms with E-state index in [1.54, 1.807) is 17.5 Å². The van der Waals surface area contributed by atoms with Crippen LogP contribution in [0.3, 0.4) is 0 Å². The van der Waals surface area contributed by atoms with Crippen LogP contribution in [0.2, 0.25) is 0 Å². The summed E-state index contributed by atoms with van der Waals surface area (Å²) in [5, 5.41) is 10.9. The van der Waals surface area contributed by atoms with Crippen LogP contribution in [0, 0.1) is 17.1 Å². The van der Waals surface area contributed by atoms with Crippen LogP contribution < -0.4 is 0 Å². The van der Waals surface area contributed by atoms with Gasteiger partial charge in [0.05, 0.1) is 6.07 Å². The summed E-state index contributed by atoms with van der Waals surface area (Å²) in [6.07, 6.45) is 0. The van der Waals surface area contributed by atoms with Gasteiger partial charge in [-0.25, -0.2) is 4.39 Å². The number of carbonyl (C=O) groups excluding carboxylic acids is 1. The molecule has 0 amide bonds. The van der Waals surface area contributed by atoms with Gasteiger partial charge >= 0.3 is 0 Å². The van der Waals surface area contributed by atoms with E-state index >= 15 is 0 Å². The highest BCUT2D eigenvalue weighted by Crippen LogP contribution is 2.28. The van der Waals surface area contributed by atoms with Gasteiger partial charge in [0, 0.05) is 14.9 Å². The van der Waals surface area contributed by atoms with Crippen molar-refractivity contribution in [1.29, 1.82) is 5.26 Å². The Morgan fingerprint density at radius 3 is 2.83 bits per heavy atom. The predicted molar refractivity (Wildman–Crippen MR) is 71.1 cm³/mol. The van der Waals surface area contributed by atoms with Crippen molar-refractivity contribution in [2.24, 2.45) is 0 Å². The normalized spacial score (nSPS) is 11.8. The third-order valence-corrected chi connectivity index (χ3v) is 4.04. The van der Waals surface area contributed by atoms with E-state index in [2.05, 4.69) is 15.9 Å². The van der Waals surface area contributed by atoms with Gasteiger partial charge in [0.1, 0.15) is 11.7 Å². The molecule has 0 bridgehead atoms. The van der Waals surface area contributed by atoms with Crippen LogP contribution in [0.25, 0.3) is 0 Å². The maximum absolute atomic E-state index is 13.2. The zero-order chi connectivity index (χ0) is 13.1. The van der Waals surface area contributed by atoms with Gasteiger partial charge in [-0.3, -0.25) is 4.79 Å². The van der Waals surface area contributed by atoms with Gasteiger partial charge in [-0.1, -0.05) is 22.0 Å². The van der Waals surface area contributed by atoms with E-state index in [-0.39, 0.29) is 5.56 Å². The molecule has 90 valence electrons. The highest BCUT2D eigenvalue weighted by atomic mass is 79.9. The van der Waals surface area contributed by atoms with E-state index in [1.807, 2.05) is 6.07 Å². The third kappa shape index (κ3) is 2.50. The number of nitriles is 1. The minimum Gasteiger partial charge on any atom is -0.292 e. The van der Waals surface area contributed by atoms with Crippen molar-refractivity contribution >= 4 is 33.0 Å². The Balaban J connectivity index is 2.42. The largest absolute Gasteiger partial charge is 0.292 e. The number of Topliss-reactive ketones (excluding diaryl/α,β-unsaturated/α-hetero) is 1. The second kappa shape index (κ2) is 5.42. The molecule has 1 unspecified atom stereocenters. The van der Waals surface area contributed by atoms with Gasteiger partial charge in [-0.2, -0.15) is 5.26 Å². The Labute approximate surface area is 116 Å². The average molecular weight is 324 g/mol. The number of thiophene rings is 1. The first-order valence-corrected chi connectivity index (χ1v) is 6.73. The van der Waals surface area contributed by atoms with Crippen LogP contribution >= 0.6 is 27.3 Å². The number of carbonyl (C=O) groups is 1. The molecule has 1 aromatic heterocycles. The highest BCUT2D eigenvalue weighted by molar-refractivity contribution is 9.10. The Morgan fingerprint density at radius 1 is 1.44 bits per heavy atom. The lowest BCUT2D eigenvalue weighted by atomic mass is 9.97. The van der Waals surface area contributed by atoms with E-state index < -0.39 is 17.5 Å². The Kier molecular flexibility index (Phi) is 3.90. The number of benzene rings is 1. The Morgan fingerprint density at radius 2 is 2.22 bits per heavy atom. The Bertz CT molecular complexity index is 618. The molecular weight excluding hydrogens is 317 g/mol. The van der Waals surface area contributed by atoms with E-state index in [1.165, 1.54) is 23.5 Å². The second-order valence-electron chi connectivity index (χ2n) is 3.57. The van der Waals surface area contributed by atoms with Crippen molar-refractivity contribution in [3.05, 3.63) is 56.4 Å². The minimum atomic E-state index is -0.886. The lowest BCUT2D eigenvalue weighted by Crippen LogP contribution is -2.11. The lowest BCUT2D eigenvalue weighted by Gasteiger charge is -2.08. The van der Waals surface area contributed by atoms with Crippen LogP contribution in [0.5, 0.6) is 0 Å². The summed E-state index contributed by atoms with van der Waals surface area (Å²) in [5.74, 6) is -1.78. The SMILES string of the molecule is N#CC(C(=O)c1cc(F)ccc1Br)c1cccs1. The summed E-state index contributed by atoms with van der Waals surface area (Å²) in [6, 6.07) is 9.33. The van der Waals surface area contributed by atoms with Crippen molar-refractivity contribution < 1.29 is 9.18 Å². The number of hydrogen-bond donors (Lipinski definition) is 0. The van der Waals surface area contributed by atoms with Crippen molar-refractivity contribution in [3.8, 4) is 6.07 Å². The maximum Gasteiger partial charge on any atom is 0.186 e. The average Bonchev–Trinajstić information content (AvgIpc) is 2.87. The molecule has 0 radical (unpaired) electrons. The first kappa shape index (κ1) is 12.9. The molecule has 2 rings (SSSR count). The van der Waals surface area contributed by atoms with E-state index in [0.717, 1.165) is 6.07 Å². The molecule has 0 N–H and O–H groups in total. The molecule has 0 aliphatic rings. The molecule has 2 nitrogen and oxygen atoms in total. The van der Waals surface area contributed by atoms with E-state index in [0.29, 0.717) is 9.35 Å². The summed E-state index contributed by atoms with van der Waals surface area (Å²) >= 11 is 4.53. The van der Waals surface area contributed by atoms with E-state index in [4.69, 9.17) is 5.26 Å². The Hall–Kier alpha value is -1.51. The third-order valence-electron chi connectivity index (χ3n) is 2.41. The van der Waals surface area contributed by atoms with Crippen molar-refractivity contribution in [2.75, 3.05) is 0 Å². The van der Waals surface area contributed by atoms with Gasteiger partial charge in [0.25, 0.3) is 0 Å². The first-order chi connectivity index (χ1) is 8.63. The smallest absolute Gasteiger partial charge is 0.186 e. The summed E-state index contributed by atoms with van der Waals surface area (Å²) in [5.41, 5.74) is 0.190. The number of halogens is 2. The molecule has 0 aliphatic heterocycles. The topological polar surface area (TPSA) is 40.9 Å². The maximum atomic E-state index is 13.2. The molecule has 1 heterocycles. The van der Waals surface area contributed by atoms with Crippen LogP contribution in [0.1, 0.15) is 21.2 Å². The number of hydrogen-bond acceptors (Lipinski definition) is 3. The first-order valence-electron chi connectivity index (χ1n) is 5.05. The molecular formula is C13H7BrFNOS. The molecule has 1 aromatic carbocycles. The van der Waals surface area contributed by atoms with Gasteiger partial charge < -0.3 is 0 Å². The molecule has 0 saturated carbocycles. The zero-order valence-corrected chi connectivity index (χ0v) is 11.5. The van der Waals surface area contributed by atoms with Crippen LogP contribution in [-0.2, 0) is 0 Å². The summed E-state index contributed by atoms with van der Waals surface area (Å²) in [4.78, 5) is 12.9. The highest BCUT2D eigenvalue weighted by Gasteiger charge is 2.24. The van der Waals surface area contributed by atoms with Crippen LogP contribution in [0.4, 0.5) is 4.39 Å². The molecule has 2 aromatic rings. The predicted octanol–water partition coefficient (Wildman–Crippen LogP) is 4.14. The standard InChI is InChI=1S/C13H7BrFNOS/c14-11-4-3-8(15)6-9(11)13(17)10(7-16)12-2-1-5-18-12/h1-6,10H. The fourth-order valence-electron chi connectivity index (χ4n) is 1.55. The zero-order valence-electron chi connectivity index (χ0n) is 9.06. The van der Waals surface area contributed by atoms with Crippen LogP contribution in [-0.4, -0.2) is 5.78 Å². The summed E-state index contributed by atoms with van der Waals surface area (Å²) in [6.45, 7) is 0. The van der Waals surface area contributed by atoms with Crippen molar-refractivity contribution in [2.45, 2.75) is 5.92 Å². The molecule has 1 atom stereocenters. The molecule has 18 heavy (non-hydrogen) atoms. The molecule has 0 saturated heterocycles. The molecule has 0 spiro atoms. The molecule has 5 heteroatoms. The molecule has 0 aliphatic carbocycles. The fourth-order valence-corrected chi connectivity index (χ4v) is 2.76. The van der Waals surface area contributed by atoms with Gasteiger partial charge in [-0.05, 0) is 29.6 Å². The van der Waals surface area contributed by atoms with Crippen LogP contribution in [0.15, 0.2) is 40.2 Å². The number of nitrogens with zero attached hydrogens (tertiary/aromatic N) is 1. The van der Waals surface area contributed by atoms with Crippen molar-refractivity contribution in [3.63, 3.8) is 0 Å². The fraction of sp³-hybridized carbons (Fsp3) is 0.0769. The van der Waals surface area contributed by atoms with Gasteiger partial charge in [-0.15, -0.1) is 11.3 Å². The van der Waals surface area contributed by atoms with Gasteiger partial charge in [0.15, 0.2) is 5.78 Å². The lowest BCUT2D eigenvalue weighted by molar-refractivity contribution is 0.0978. The number of rotatable bonds is 3. The van der Waals surface area contributed by atoms with Gasteiger partial charge in [0.2, 0.25) is 0 Å². The monoisotopic (exact) mass is 323 g/mol. The van der Waals surface area contributed by atoms with Crippen molar-refractivity contribution in [1.82, 2.24) is 0 Å². The molecule has 0 fully saturated rings. The minimum absolute atomic E-state index is 0.190. The summed E-state index contributed by atoms with van der Waals surface area (Å²) in [7, 11) is 0. The quantitative estimate of drug-likeness (QED) is 0.796. The van der Waals surface area contributed by atoms with E-state index in [9.17, 15) is 9.18 Å². The summed E-state index contributed by atoms with van der Waals surface area (Å²) < 4.78 is 13.7. The number of ketones is 1. The second-order valence-corrected chi connectivity index (χ2v) is 5.40.